The highest BCUT2D eigenvalue weighted by molar-refractivity contribution is 5.79. The zero-order chi connectivity index (χ0) is 19.2. The van der Waals surface area contributed by atoms with Gasteiger partial charge < -0.3 is 15.4 Å². The van der Waals surface area contributed by atoms with Crippen molar-refractivity contribution in [1.82, 2.24) is 25.4 Å². The minimum absolute atomic E-state index is 0.174. The lowest BCUT2D eigenvalue weighted by Crippen LogP contribution is -2.47. The van der Waals surface area contributed by atoms with Crippen molar-refractivity contribution in [2.75, 3.05) is 20.7 Å². The topological polar surface area (TPSA) is 76.4 Å². The minimum atomic E-state index is -0.564. The Morgan fingerprint density at radius 1 is 1.33 bits per heavy atom. The lowest BCUT2D eigenvalue weighted by atomic mass is 10.1. The van der Waals surface area contributed by atoms with Crippen LogP contribution in [-0.2, 0) is 30.7 Å². The maximum atomic E-state index is 13.2. The van der Waals surface area contributed by atoms with E-state index >= 15 is 0 Å². The fourth-order valence-corrected chi connectivity index (χ4v) is 3.14. The molecular formula is C18H24F2N6O. The van der Waals surface area contributed by atoms with E-state index < -0.39 is 11.6 Å². The number of nitrogens with zero attached hydrogens (tertiary/aromatic N) is 4. The summed E-state index contributed by atoms with van der Waals surface area (Å²) in [4.78, 5) is 8.68. The molecule has 0 saturated carbocycles. The summed E-state index contributed by atoms with van der Waals surface area (Å²) in [5, 5.41) is 11.0. The van der Waals surface area contributed by atoms with E-state index in [2.05, 4.69) is 25.7 Å². The summed E-state index contributed by atoms with van der Waals surface area (Å²) in [7, 11) is 3.32. The number of halogens is 2. The molecule has 3 rings (SSSR count). The monoisotopic (exact) mass is 378 g/mol. The molecule has 0 spiro atoms. The van der Waals surface area contributed by atoms with Crippen LogP contribution in [0, 0.1) is 11.6 Å². The number of aryl methyl sites for hydroxylation is 1. The molecule has 0 amide bonds. The standard InChI is InChI=1S/C18H24F2N6O/c1-21-18(22-6-5-12-7-13(19)9-14(20)8-12)23-15-3-4-17-24-16(11-27-2)25-26(17)10-15/h7-9,15H,3-6,10-11H2,1-2H3,(H2,21,22,23). The summed E-state index contributed by atoms with van der Waals surface area (Å²) >= 11 is 0. The maximum Gasteiger partial charge on any atom is 0.191 e. The number of aromatic nitrogens is 3. The fraction of sp³-hybridized carbons (Fsp3) is 0.500. The second kappa shape index (κ2) is 8.90. The van der Waals surface area contributed by atoms with Gasteiger partial charge in [-0.05, 0) is 30.5 Å². The molecule has 1 aromatic carbocycles. The number of guanidine groups is 1. The van der Waals surface area contributed by atoms with Crippen LogP contribution in [0.15, 0.2) is 23.2 Å². The van der Waals surface area contributed by atoms with Crippen molar-refractivity contribution >= 4 is 5.96 Å². The first-order chi connectivity index (χ1) is 13.1. The molecule has 7 nitrogen and oxygen atoms in total. The Kier molecular flexibility index (Phi) is 6.33. The fourth-order valence-electron chi connectivity index (χ4n) is 3.14. The quantitative estimate of drug-likeness (QED) is 0.587. The van der Waals surface area contributed by atoms with E-state index in [0.29, 0.717) is 43.5 Å². The number of rotatable bonds is 6. The maximum absolute atomic E-state index is 13.2. The van der Waals surface area contributed by atoms with Crippen LogP contribution < -0.4 is 10.6 Å². The Bertz CT molecular complexity index is 787. The molecule has 0 saturated heterocycles. The van der Waals surface area contributed by atoms with Gasteiger partial charge in [0.05, 0.1) is 6.54 Å². The van der Waals surface area contributed by atoms with E-state index in [-0.39, 0.29) is 6.04 Å². The highest BCUT2D eigenvalue weighted by Crippen LogP contribution is 2.13. The smallest absolute Gasteiger partial charge is 0.191 e. The van der Waals surface area contributed by atoms with E-state index in [0.717, 1.165) is 24.7 Å². The largest absolute Gasteiger partial charge is 0.377 e. The Labute approximate surface area is 156 Å². The first-order valence-electron chi connectivity index (χ1n) is 8.91. The normalized spacial score (nSPS) is 16.9. The van der Waals surface area contributed by atoms with Gasteiger partial charge in [-0.25, -0.2) is 18.4 Å². The number of ether oxygens (including phenoxy) is 1. The number of nitrogens with one attached hydrogen (secondary N) is 2. The van der Waals surface area contributed by atoms with Crippen molar-refractivity contribution in [3.63, 3.8) is 0 Å². The lowest BCUT2D eigenvalue weighted by Gasteiger charge is -2.25. The third-order valence-corrected chi connectivity index (χ3v) is 4.37. The lowest BCUT2D eigenvalue weighted by molar-refractivity contribution is 0.177. The van der Waals surface area contributed by atoms with Crippen LogP contribution in [0.4, 0.5) is 8.78 Å². The Balaban J connectivity index is 1.50. The van der Waals surface area contributed by atoms with Crippen LogP contribution in [0.5, 0.6) is 0 Å². The highest BCUT2D eigenvalue weighted by Gasteiger charge is 2.22. The summed E-state index contributed by atoms with van der Waals surface area (Å²) in [6.45, 7) is 1.62. The molecular weight excluding hydrogens is 354 g/mol. The first kappa shape index (κ1) is 19.2. The number of hydrogen-bond donors (Lipinski definition) is 2. The van der Waals surface area contributed by atoms with Gasteiger partial charge in [0.1, 0.15) is 24.1 Å². The van der Waals surface area contributed by atoms with Crippen LogP contribution in [0.25, 0.3) is 0 Å². The van der Waals surface area contributed by atoms with E-state index in [1.54, 1.807) is 14.2 Å². The van der Waals surface area contributed by atoms with Crippen LogP contribution in [0.2, 0.25) is 0 Å². The number of aliphatic imine (C=N–C) groups is 1. The molecule has 1 aliphatic heterocycles. The van der Waals surface area contributed by atoms with E-state index in [1.807, 2.05) is 4.68 Å². The first-order valence-corrected chi connectivity index (χ1v) is 8.91. The zero-order valence-corrected chi connectivity index (χ0v) is 15.5. The van der Waals surface area contributed by atoms with Gasteiger partial charge in [-0.3, -0.25) is 4.99 Å². The Morgan fingerprint density at radius 2 is 2.11 bits per heavy atom. The predicted molar refractivity (Wildman–Crippen MR) is 97.4 cm³/mol. The van der Waals surface area contributed by atoms with Crippen LogP contribution >= 0.6 is 0 Å². The molecule has 2 aromatic rings. The molecule has 2 N–H and O–H groups in total. The molecule has 0 aliphatic carbocycles. The van der Waals surface area contributed by atoms with Gasteiger partial charge in [-0.1, -0.05) is 0 Å². The van der Waals surface area contributed by atoms with Gasteiger partial charge >= 0.3 is 0 Å². The summed E-state index contributed by atoms with van der Waals surface area (Å²) in [6.07, 6.45) is 2.24. The second-order valence-corrected chi connectivity index (χ2v) is 6.47. The second-order valence-electron chi connectivity index (χ2n) is 6.47. The minimum Gasteiger partial charge on any atom is -0.377 e. The van der Waals surface area contributed by atoms with E-state index in [4.69, 9.17) is 4.74 Å². The van der Waals surface area contributed by atoms with Crippen LogP contribution in [0.3, 0.4) is 0 Å². The van der Waals surface area contributed by atoms with Gasteiger partial charge in [-0.2, -0.15) is 5.10 Å². The molecule has 0 fully saturated rings. The van der Waals surface area contributed by atoms with E-state index in [1.165, 1.54) is 12.1 Å². The van der Waals surface area contributed by atoms with Crippen molar-refractivity contribution < 1.29 is 13.5 Å². The highest BCUT2D eigenvalue weighted by atomic mass is 19.1. The Hall–Kier alpha value is -2.55. The van der Waals surface area contributed by atoms with Gasteiger partial charge in [0.15, 0.2) is 11.8 Å². The molecule has 1 atom stereocenters. The third-order valence-electron chi connectivity index (χ3n) is 4.37. The summed E-state index contributed by atoms with van der Waals surface area (Å²) < 4.78 is 33.5. The number of methoxy groups -OCH3 is 1. The van der Waals surface area contributed by atoms with Crippen molar-refractivity contribution in [2.24, 2.45) is 4.99 Å². The molecule has 0 radical (unpaired) electrons. The van der Waals surface area contributed by atoms with Gasteiger partial charge in [-0.15, -0.1) is 0 Å². The zero-order valence-electron chi connectivity index (χ0n) is 15.5. The average Bonchev–Trinajstić information content (AvgIpc) is 3.02. The van der Waals surface area contributed by atoms with Gasteiger partial charge in [0.25, 0.3) is 0 Å². The van der Waals surface area contributed by atoms with Gasteiger partial charge in [0, 0.05) is 39.2 Å². The molecule has 2 heterocycles. The number of benzene rings is 1. The molecule has 1 aliphatic rings. The van der Waals surface area contributed by atoms with Crippen molar-refractivity contribution in [1.29, 1.82) is 0 Å². The molecule has 0 bridgehead atoms. The Morgan fingerprint density at radius 3 is 2.81 bits per heavy atom. The van der Waals surface area contributed by atoms with Crippen molar-refractivity contribution in [3.8, 4) is 0 Å². The summed E-state index contributed by atoms with van der Waals surface area (Å²) in [5.41, 5.74) is 0.603. The summed E-state index contributed by atoms with van der Waals surface area (Å²) in [6, 6.07) is 3.72. The molecule has 9 heteroatoms. The van der Waals surface area contributed by atoms with E-state index in [9.17, 15) is 8.78 Å². The summed E-state index contributed by atoms with van der Waals surface area (Å²) in [5.74, 6) is 1.18. The van der Waals surface area contributed by atoms with Crippen LogP contribution in [0.1, 0.15) is 23.6 Å². The molecule has 146 valence electrons. The third kappa shape index (κ3) is 5.22. The molecule has 1 unspecified atom stereocenters. The molecule has 1 aromatic heterocycles. The number of fused-ring (bicyclic) bond motifs is 1. The van der Waals surface area contributed by atoms with Crippen molar-refractivity contribution in [2.45, 2.75) is 38.5 Å². The number of hydrogen-bond acceptors (Lipinski definition) is 4. The molecule has 27 heavy (non-hydrogen) atoms. The van der Waals surface area contributed by atoms with Gasteiger partial charge in [0.2, 0.25) is 0 Å². The SMILES string of the molecule is CN=C(NCCc1cc(F)cc(F)c1)NC1CCc2nc(COC)nn2C1. The van der Waals surface area contributed by atoms with Crippen molar-refractivity contribution in [3.05, 3.63) is 47.0 Å². The predicted octanol–water partition coefficient (Wildman–Crippen LogP) is 1.43. The van der Waals surface area contributed by atoms with Crippen LogP contribution in [-0.4, -0.2) is 47.5 Å². The average molecular weight is 378 g/mol.